The fourth-order valence-electron chi connectivity index (χ4n) is 3.65. The van der Waals surface area contributed by atoms with Gasteiger partial charge in [0.05, 0.1) is 42.2 Å². The molecule has 1 aliphatic heterocycles. The molecular weight excluding hydrogens is 486 g/mol. The summed E-state index contributed by atoms with van der Waals surface area (Å²) in [5.74, 6) is -0.261. The molecule has 36 heavy (non-hydrogen) atoms. The van der Waals surface area contributed by atoms with Crippen LogP contribution in [0.3, 0.4) is 0 Å². The molecule has 1 heterocycles. The van der Waals surface area contributed by atoms with E-state index < -0.39 is 10.8 Å². The maximum absolute atomic E-state index is 13.1. The average molecular weight is 516 g/mol. The van der Waals surface area contributed by atoms with Crippen LogP contribution in [-0.2, 0) is 9.53 Å². The van der Waals surface area contributed by atoms with Crippen molar-refractivity contribution >= 4 is 51.9 Å². The van der Waals surface area contributed by atoms with Crippen molar-refractivity contribution in [3.05, 3.63) is 52.1 Å². The smallest absolute Gasteiger partial charge is 0.270 e. The lowest BCUT2D eigenvalue weighted by molar-refractivity contribution is -0.384. The summed E-state index contributed by atoms with van der Waals surface area (Å²) in [6.07, 6.45) is 2.13. The minimum Gasteiger partial charge on any atom is -0.494 e. The first-order chi connectivity index (χ1) is 17.3. The number of unbranched alkanes of at least 4 members (excludes halogenated alkanes) is 1. The van der Waals surface area contributed by atoms with E-state index in [2.05, 4.69) is 16.0 Å². The Morgan fingerprint density at radius 1 is 1.17 bits per heavy atom. The number of hydrogen-bond acceptors (Lipinski definition) is 8. The number of carbonyl (C=O) groups is 2. The van der Waals surface area contributed by atoms with Gasteiger partial charge in [-0.05, 0) is 36.8 Å². The van der Waals surface area contributed by atoms with E-state index in [1.807, 2.05) is 11.8 Å². The molecule has 0 unspecified atom stereocenters. The molecule has 0 aliphatic carbocycles. The molecule has 11 nitrogen and oxygen atoms in total. The number of amides is 2. The normalized spacial score (nSPS) is 13.0. The predicted octanol–water partition coefficient (Wildman–Crippen LogP) is 3.70. The van der Waals surface area contributed by atoms with Gasteiger partial charge in [0, 0.05) is 43.4 Å². The summed E-state index contributed by atoms with van der Waals surface area (Å²) in [7, 11) is 1.48. The van der Waals surface area contributed by atoms with Gasteiger partial charge in [-0.25, -0.2) is 0 Å². The fraction of sp³-hybridized carbons (Fsp3) is 0.375. The Labute approximate surface area is 214 Å². The molecule has 3 N–H and O–H groups in total. The fourth-order valence-corrected chi connectivity index (χ4v) is 3.87. The number of benzene rings is 2. The lowest BCUT2D eigenvalue weighted by atomic mass is 10.1. The second-order valence-electron chi connectivity index (χ2n) is 8.03. The summed E-state index contributed by atoms with van der Waals surface area (Å²) >= 11 is 5.31. The number of ether oxygens (including phenoxy) is 2. The molecule has 3 rings (SSSR count). The van der Waals surface area contributed by atoms with Crippen molar-refractivity contribution < 1.29 is 24.0 Å². The molecule has 2 amide bonds. The van der Waals surface area contributed by atoms with Crippen LogP contribution in [0, 0.1) is 10.1 Å². The predicted molar refractivity (Wildman–Crippen MR) is 141 cm³/mol. The third-order valence-corrected chi connectivity index (χ3v) is 5.71. The van der Waals surface area contributed by atoms with Gasteiger partial charge < -0.3 is 25.0 Å². The zero-order valence-electron chi connectivity index (χ0n) is 20.2. The van der Waals surface area contributed by atoms with E-state index in [0.717, 1.165) is 12.8 Å². The Kier molecular flexibility index (Phi) is 9.53. The molecule has 0 radical (unpaired) electrons. The molecule has 0 aromatic heterocycles. The lowest BCUT2D eigenvalue weighted by Gasteiger charge is -2.30. The van der Waals surface area contributed by atoms with E-state index in [0.29, 0.717) is 55.5 Å². The second-order valence-corrected chi connectivity index (χ2v) is 8.44. The second kappa shape index (κ2) is 12.8. The Morgan fingerprint density at radius 2 is 1.92 bits per heavy atom. The first-order valence-corrected chi connectivity index (χ1v) is 11.9. The highest BCUT2D eigenvalue weighted by Crippen LogP contribution is 2.29. The van der Waals surface area contributed by atoms with Crippen LogP contribution >= 0.6 is 12.2 Å². The number of non-ortho nitro benzene ring substituents is 1. The number of hydrogen-bond donors (Lipinski definition) is 3. The Balaban J connectivity index is 1.72. The molecule has 1 aliphatic rings. The number of nitro groups is 1. The van der Waals surface area contributed by atoms with Crippen molar-refractivity contribution in [1.29, 1.82) is 0 Å². The van der Waals surface area contributed by atoms with Crippen LogP contribution < -0.4 is 25.6 Å². The highest BCUT2D eigenvalue weighted by molar-refractivity contribution is 7.80. The minimum atomic E-state index is -0.579. The van der Waals surface area contributed by atoms with Crippen molar-refractivity contribution in [3.8, 4) is 5.75 Å². The van der Waals surface area contributed by atoms with Gasteiger partial charge in [0.15, 0.2) is 5.11 Å². The van der Waals surface area contributed by atoms with Crippen LogP contribution in [0.15, 0.2) is 36.4 Å². The summed E-state index contributed by atoms with van der Waals surface area (Å²) in [6, 6.07) is 9.16. The Morgan fingerprint density at radius 3 is 2.58 bits per heavy atom. The largest absolute Gasteiger partial charge is 0.494 e. The van der Waals surface area contributed by atoms with E-state index in [4.69, 9.17) is 21.7 Å². The van der Waals surface area contributed by atoms with Crippen LogP contribution in [0.2, 0.25) is 0 Å². The number of nitrogens with one attached hydrogen (secondary N) is 3. The molecule has 12 heteroatoms. The van der Waals surface area contributed by atoms with E-state index in [1.165, 1.54) is 19.2 Å². The highest BCUT2D eigenvalue weighted by Gasteiger charge is 2.23. The van der Waals surface area contributed by atoms with Crippen LogP contribution in [0.5, 0.6) is 5.75 Å². The average Bonchev–Trinajstić information content (AvgIpc) is 2.88. The molecule has 1 fully saturated rings. The van der Waals surface area contributed by atoms with Crippen LogP contribution in [0.25, 0.3) is 0 Å². The number of anilines is 3. The van der Waals surface area contributed by atoms with Crippen molar-refractivity contribution in [2.45, 2.75) is 26.2 Å². The van der Waals surface area contributed by atoms with Gasteiger partial charge in [-0.2, -0.15) is 0 Å². The summed E-state index contributed by atoms with van der Waals surface area (Å²) in [5.41, 5.74) is 1.55. The van der Waals surface area contributed by atoms with E-state index in [9.17, 15) is 19.7 Å². The third kappa shape index (κ3) is 7.12. The van der Waals surface area contributed by atoms with Gasteiger partial charge in [0.2, 0.25) is 5.91 Å². The molecule has 2 aromatic rings. The molecule has 1 saturated heterocycles. The number of thiocarbonyl (C=S) groups is 1. The third-order valence-electron chi connectivity index (χ3n) is 5.51. The quantitative estimate of drug-likeness (QED) is 0.259. The minimum absolute atomic E-state index is 0.00113. The van der Waals surface area contributed by atoms with Crippen LogP contribution in [-0.4, -0.2) is 55.3 Å². The molecule has 0 spiro atoms. The van der Waals surface area contributed by atoms with Crippen LogP contribution in [0.1, 0.15) is 36.5 Å². The highest BCUT2D eigenvalue weighted by atomic mass is 32.1. The number of carbonyl (C=O) groups excluding carboxylic acids is 2. The van der Waals surface area contributed by atoms with Gasteiger partial charge in [-0.1, -0.05) is 13.3 Å². The molecule has 0 saturated carbocycles. The SMILES string of the molecule is CCCCC(=O)Nc1ccc(NC(=S)NC(=O)c2cc([N+](=O)[O-])ccc2N2CCOCC2)cc1OC. The van der Waals surface area contributed by atoms with Crippen molar-refractivity contribution in [2.24, 2.45) is 0 Å². The topological polar surface area (TPSA) is 135 Å². The number of methoxy groups -OCH3 is 1. The molecule has 0 bridgehead atoms. The van der Waals surface area contributed by atoms with E-state index in [-0.39, 0.29) is 22.3 Å². The van der Waals surface area contributed by atoms with Gasteiger partial charge in [-0.3, -0.25) is 25.0 Å². The van der Waals surface area contributed by atoms with Gasteiger partial charge in [0.1, 0.15) is 5.75 Å². The van der Waals surface area contributed by atoms with Crippen molar-refractivity contribution in [2.75, 3.05) is 48.9 Å². The maximum Gasteiger partial charge on any atom is 0.270 e. The van der Waals surface area contributed by atoms with Crippen molar-refractivity contribution in [3.63, 3.8) is 0 Å². The monoisotopic (exact) mass is 515 g/mol. The van der Waals surface area contributed by atoms with Gasteiger partial charge in [0.25, 0.3) is 11.6 Å². The van der Waals surface area contributed by atoms with Crippen molar-refractivity contribution in [1.82, 2.24) is 5.32 Å². The summed E-state index contributed by atoms with van der Waals surface area (Å²) in [6.45, 7) is 4.12. The Bertz CT molecular complexity index is 1140. The van der Waals surface area contributed by atoms with Crippen LogP contribution in [0.4, 0.5) is 22.7 Å². The molecule has 0 atom stereocenters. The van der Waals surface area contributed by atoms with E-state index in [1.54, 1.807) is 24.3 Å². The maximum atomic E-state index is 13.1. The Hall–Kier alpha value is -3.77. The standard InChI is InChI=1S/C24H29N5O6S/c1-3-4-5-22(30)26-19-8-6-16(14-21(19)34-2)25-24(36)27-23(31)18-15-17(29(32)33)7-9-20(18)28-10-12-35-13-11-28/h6-9,14-15H,3-5,10-13H2,1-2H3,(H,26,30)(H2,25,27,31,36). The summed E-state index contributed by atoms with van der Waals surface area (Å²) < 4.78 is 10.7. The molecular formula is C24H29N5O6S. The van der Waals surface area contributed by atoms with E-state index >= 15 is 0 Å². The van der Waals surface area contributed by atoms with Gasteiger partial charge in [-0.15, -0.1) is 0 Å². The zero-order valence-corrected chi connectivity index (χ0v) is 21.0. The number of morpholine rings is 1. The van der Waals surface area contributed by atoms with Gasteiger partial charge >= 0.3 is 0 Å². The number of nitro benzene ring substituents is 1. The first-order valence-electron chi connectivity index (χ1n) is 11.5. The zero-order chi connectivity index (χ0) is 26.1. The summed E-state index contributed by atoms with van der Waals surface area (Å²) in [5, 5.41) is 19.6. The summed E-state index contributed by atoms with van der Waals surface area (Å²) in [4.78, 5) is 37.8. The molecule has 2 aromatic carbocycles. The first kappa shape index (κ1) is 26.8. The molecule has 192 valence electrons. The number of rotatable bonds is 9. The number of nitrogens with zero attached hydrogens (tertiary/aromatic N) is 2. The lowest BCUT2D eigenvalue weighted by Crippen LogP contribution is -2.39.